The monoisotopic (exact) mass is 277 g/mol. The predicted molar refractivity (Wildman–Crippen MR) is 69.8 cm³/mol. The van der Waals surface area contributed by atoms with Crippen molar-refractivity contribution in [2.45, 2.75) is 13.3 Å². The van der Waals surface area contributed by atoms with Gasteiger partial charge in [0.05, 0.1) is 13.5 Å². The first-order valence-electron chi connectivity index (χ1n) is 6.04. The zero-order valence-electron chi connectivity index (χ0n) is 11.2. The molecule has 4 amide bonds. The first kappa shape index (κ1) is 13.9. The molecule has 1 aliphatic rings. The van der Waals surface area contributed by atoms with Crippen LogP contribution < -0.4 is 15.5 Å². The molecule has 106 valence electrons. The van der Waals surface area contributed by atoms with Crippen molar-refractivity contribution in [3.05, 3.63) is 29.3 Å². The lowest BCUT2D eigenvalue weighted by Gasteiger charge is -2.14. The first-order valence-corrected chi connectivity index (χ1v) is 6.04. The van der Waals surface area contributed by atoms with Crippen LogP contribution in [-0.4, -0.2) is 36.5 Å². The van der Waals surface area contributed by atoms with Crippen LogP contribution in [-0.2, 0) is 16.0 Å². The minimum absolute atomic E-state index is 0.0919. The van der Waals surface area contributed by atoms with Crippen molar-refractivity contribution in [2.75, 3.05) is 13.7 Å². The quantitative estimate of drug-likeness (QED) is 0.766. The van der Waals surface area contributed by atoms with Crippen molar-refractivity contribution in [1.82, 2.24) is 15.8 Å². The summed E-state index contributed by atoms with van der Waals surface area (Å²) in [4.78, 5) is 34.1. The van der Waals surface area contributed by atoms with Gasteiger partial charge in [-0.3, -0.25) is 20.3 Å². The smallest absolute Gasteiger partial charge is 0.343 e. The van der Waals surface area contributed by atoms with E-state index in [0.29, 0.717) is 5.75 Å². The van der Waals surface area contributed by atoms with Crippen molar-refractivity contribution in [1.29, 1.82) is 0 Å². The lowest BCUT2D eigenvalue weighted by Crippen LogP contribution is -2.44. The fraction of sp³-hybridized carbons (Fsp3) is 0.308. The molecule has 0 radical (unpaired) electrons. The number of hydrogen-bond acceptors (Lipinski definition) is 4. The van der Waals surface area contributed by atoms with Crippen molar-refractivity contribution in [2.24, 2.45) is 0 Å². The van der Waals surface area contributed by atoms with Gasteiger partial charge in [-0.2, -0.15) is 0 Å². The fourth-order valence-corrected chi connectivity index (χ4v) is 1.88. The number of benzene rings is 1. The average molecular weight is 277 g/mol. The number of carbonyl (C=O) groups is 3. The minimum Gasteiger partial charge on any atom is -0.496 e. The molecule has 2 N–H and O–H groups in total. The topological polar surface area (TPSA) is 87.7 Å². The number of ether oxygens (including phenoxy) is 1. The van der Waals surface area contributed by atoms with Gasteiger partial charge in [-0.15, -0.1) is 0 Å². The van der Waals surface area contributed by atoms with Crippen molar-refractivity contribution >= 4 is 17.8 Å². The molecule has 1 fully saturated rings. The number of imide groups is 1. The highest BCUT2D eigenvalue weighted by Crippen LogP contribution is 2.19. The lowest BCUT2D eigenvalue weighted by molar-refractivity contribution is -0.124. The van der Waals surface area contributed by atoms with Gasteiger partial charge in [0.15, 0.2) is 0 Å². The van der Waals surface area contributed by atoms with E-state index in [2.05, 4.69) is 10.7 Å². The number of hydrazine groups is 1. The Morgan fingerprint density at radius 2 is 2.20 bits per heavy atom. The third-order valence-electron chi connectivity index (χ3n) is 2.89. The van der Waals surface area contributed by atoms with E-state index in [1.54, 1.807) is 13.2 Å². The number of methoxy groups -OCH3 is 1. The molecule has 1 aliphatic heterocycles. The first-order chi connectivity index (χ1) is 9.49. The molecule has 20 heavy (non-hydrogen) atoms. The van der Waals surface area contributed by atoms with Gasteiger partial charge >= 0.3 is 6.03 Å². The van der Waals surface area contributed by atoms with Crippen LogP contribution in [0.3, 0.4) is 0 Å². The number of nitrogens with one attached hydrogen (secondary N) is 2. The second kappa shape index (κ2) is 5.60. The van der Waals surface area contributed by atoms with E-state index in [0.717, 1.165) is 16.1 Å². The van der Waals surface area contributed by atoms with Crippen LogP contribution in [0.4, 0.5) is 4.79 Å². The molecule has 7 heteroatoms. The summed E-state index contributed by atoms with van der Waals surface area (Å²) in [5.74, 6) is -0.113. The molecule has 1 aromatic carbocycles. The zero-order valence-corrected chi connectivity index (χ0v) is 11.2. The maximum Gasteiger partial charge on any atom is 0.343 e. The molecule has 0 unspecified atom stereocenters. The van der Waals surface area contributed by atoms with Crippen LogP contribution in [0.5, 0.6) is 5.75 Å². The van der Waals surface area contributed by atoms with E-state index in [1.165, 1.54) is 0 Å². The van der Waals surface area contributed by atoms with Gasteiger partial charge in [-0.05, 0) is 24.1 Å². The zero-order chi connectivity index (χ0) is 14.7. The summed E-state index contributed by atoms with van der Waals surface area (Å²) in [5, 5.41) is 3.03. The van der Waals surface area contributed by atoms with E-state index in [-0.39, 0.29) is 18.9 Å². The van der Waals surface area contributed by atoms with Gasteiger partial charge in [0.2, 0.25) is 11.8 Å². The van der Waals surface area contributed by atoms with E-state index in [9.17, 15) is 14.4 Å². The summed E-state index contributed by atoms with van der Waals surface area (Å²) in [6, 6.07) is 4.81. The molecule has 2 rings (SSSR count). The summed E-state index contributed by atoms with van der Waals surface area (Å²) >= 11 is 0. The van der Waals surface area contributed by atoms with Crippen LogP contribution in [0.1, 0.15) is 11.1 Å². The summed E-state index contributed by atoms with van der Waals surface area (Å²) in [6.45, 7) is 1.74. The Morgan fingerprint density at radius 3 is 2.80 bits per heavy atom. The molecule has 1 aromatic rings. The molecule has 0 saturated carbocycles. The summed E-state index contributed by atoms with van der Waals surface area (Å²) in [5.41, 5.74) is 4.11. The Labute approximate surface area is 115 Å². The minimum atomic E-state index is -0.621. The van der Waals surface area contributed by atoms with Crippen molar-refractivity contribution in [3.8, 4) is 5.75 Å². The van der Waals surface area contributed by atoms with Gasteiger partial charge in [-0.1, -0.05) is 12.1 Å². The Morgan fingerprint density at radius 1 is 1.45 bits per heavy atom. The largest absolute Gasteiger partial charge is 0.496 e. The molecule has 0 aliphatic carbocycles. The highest BCUT2D eigenvalue weighted by atomic mass is 16.5. The molecule has 0 aromatic heterocycles. The van der Waals surface area contributed by atoms with E-state index in [1.807, 2.05) is 19.1 Å². The molecule has 1 saturated heterocycles. The maximum absolute atomic E-state index is 11.8. The summed E-state index contributed by atoms with van der Waals surface area (Å²) in [7, 11) is 1.56. The molecule has 0 bridgehead atoms. The molecule has 0 atom stereocenters. The number of amides is 4. The number of rotatable bonds is 4. The third-order valence-corrected chi connectivity index (χ3v) is 2.89. The van der Waals surface area contributed by atoms with Gasteiger partial charge in [0.25, 0.3) is 0 Å². The van der Waals surface area contributed by atoms with Gasteiger partial charge in [0.1, 0.15) is 12.3 Å². The second-order valence-corrected chi connectivity index (χ2v) is 4.46. The molecule has 1 heterocycles. The van der Waals surface area contributed by atoms with Gasteiger partial charge in [0, 0.05) is 0 Å². The van der Waals surface area contributed by atoms with Crippen molar-refractivity contribution < 1.29 is 19.1 Å². The Balaban J connectivity index is 1.98. The van der Waals surface area contributed by atoms with Crippen LogP contribution in [0.15, 0.2) is 18.2 Å². The van der Waals surface area contributed by atoms with Crippen LogP contribution in [0, 0.1) is 6.92 Å². The fourth-order valence-electron chi connectivity index (χ4n) is 1.88. The van der Waals surface area contributed by atoms with Crippen LogP contribution in [0.2, 0.25) is 0 Å². The van der Waals surface area contributed by atoms with Crippen LogP contribution >= 0.6 is 0 Å². The number of carbonyl (C=O) groups excluding carboxylic acids is 3. The predicted octanol–water partition coefficient (Wildman–Crippen LogP) is 0.129. The second-order valence-electron chi connectivity index (χ2n) is 4.46. The summed E-state index contributed by atoms with van der Waals surface area (Å²) in [6.07, 6.45) is 0.0919. The summed E-state index contributed by atoms with van der Waals surface area (Å²) < 4.78 is 5.18. The SMILES string of the molecule is COc1cc(CC(=O)NN2CC(=O)NC2=O)ccc1C. The lowest BCUT2D eigenvalue weighted by atomic mass is 10.1. The molecular weight excluding hydrogens is 262 g/mol. The third kappa shape index (κ3) is 3.05. The number of hydrogen-bond donors (Lipinski definition) is 2. The van der Waals surface area contributed by atoms with Gasteiger partial charge < -0.3 is 4.74 Å². The highest BCUT2D eigenvalue weighted by molar-refractivity contribution is 6.02. The number of aryl methyl sites for hydroxylation is 1. The van der Waals surface area contributed by atoms with Crippen molar-refractivity contribution in [3.63, 3.8) is 0 Å². The maximum atomic E-state index is 11.8. The molecule has 7 nitrogen and oxygen atoms in total. The number of nitrogens with zero attached hydrogens (tertiary/aromatic N) is 1. The Kier molecular flexibility index (Phi) is 3.88. The molecular formula is C13H15N3O4. The van der Waals surface area contributed by atoms with Crippen LogP contribution in [0.25, 0.3) is 0 Å². The van der Waals surface area contributed by atoms with E-state index >= 15 is 0 Å². The molecule has 0 spiro atoms. The van der Waals surface area contributed by atoms with E-state index in [4.69, 9.17) is 4.74 Å². The van der Waals surface area contributed by atoms with E-state index < -0.39 is 11.9 Å². The average Bonchev–Trinajstić information content (AvgIpc) is 2.70. The Hall–Kier alpha value is -2.57. The Bertz CT molecular complexity index is 571. The number of urea groups is 1. The van der Waals surface area contributed by atoms with Gasteiger partial charge in [-0.25, -0.2) is 9.80 Å². The normalized spacial score (nSPS) is 14.2. The highest BCUT2D eigenvalue weighted by Gasteiger charge is 2.28. The standard InChI is InChI=1S/C13H15N3O4/c1-8-3-4-9(5-10(8)20-2)6-11(17)15-16-7-12(18)14-13(16)19/h3-5H,6-7H2,1-2H3,(H,15,17)(H,14,18,19).